The van der Waals surface area contributed by atoms with E-state index in [1.165, 1.54) is 6.07 Å². The minimum Gasteiger partial charge on any atom is -0.383 e. The number of allylic oxidation sites excluding steroid dienone is 1. The summed E-state index contributed by atoms with van der Waals surface area (Å²) in [7, 11) is 0. The highest BCUT2D eigenvalue weighted by Gasteiger charge is 2.26. The van der Waals surface area contributed by atoms with Crippen LogP contribution in [0, 0.1) is 5.82 Å². The summed E-state index contributed by atoms with van der Waals surface area (Å²) in [5.74, 6) is 0.699. The van der Waals surface area contributed by atoms with Gasteiger partial charge in [-0.05, 0) is 12.1 Å². The number of nitrogen functional groups attached to an aromatic ring is 1. The number of hydrogen-bond acceptors (Lipinski definition) is 2. The average Bonchev–Trinajstić information content (AvgIpc) is 2.71. The van der Waals surface area contributed by atoms with Crippen LogP contribution in [-0.2, 0) is 12.0 Å². The predicted molar refractivity (Wildman–Crippen MR) is 85.9 cm³/mol. The second-order valence-corrected chi connectivity index (χ2v) is 6.33. The van der Waals surface area contributed by atoms with E-state index in [2.05, 4.69) is 11.6 Å². The van der Waals surface area contributed by atoms with E-state index in [4.69, 9.17) is 17.3 Å². The summed E-state index contributed by atoms with van der Waals surface area (Å²) in [6.07, 6.45) is 1.74. The fourth-order valence-corrected chi connectivity index (χ4v) is 2.41. The van der Waals surface area contributed by atoms with Crippen LogP contribution in [0.15, 0.2) is 30.9 Å². The largest absolute Gasteiger partial charge is 0.383 e. The third kappa shape index (κ3) is 2.81. The van der Waals surface area contributed by atoms with Gasteiger partial charge in [0.15, 0.2) is 5.82 Å². The Bertz CT molecular complexity index is 684. The number of nitrogens with zero attached hydrogens (tertiary/aromatic N) is 2. The second-order valence-electron chi connectivity index (χ2n) is 5.92. The Morgan fingerprint density at radius 2 is 2.10 bits per heavy atom. The molecule has 21 heavy (non-hydrogen) atoms. The van der Waals surface area contributed by atoms with Crippen molar-refractivity contribution < 1.29 is 4.39 Å². The molecule has 112 valence electrons. The van der Waals surface area contributed by atoms with Crippen LogP contribution in [0.1, 0.15) is 26.6 Å². The average molecular weight is 308 g/mol. The van der Waals surface area contributed by atoms with Crippen molar-refractivity contribution in [1.29, 1.82) is 0 Å². The molecule has 3 nitrogen and oxygen atoms in total. The molecule has 2 N–H and O–H groups in total. The fraction of sp³-hybridized carbons (Fsp3) is 0.312. The summed E-state index contributed by atoms with van der Waals surface area (Å²) >= 11 is 5.85. The van der Waals surface area contributed by atoms with Crippen LogP contribution in [0.4, 0.5) is 10.2 Å². The van der Waals surface area contributed by atoms with Crippen molar-refractivity contribution in [2.45, 2.75) is 32.7 Å². The smallest absolute Gasteiger partial charge is 0.151 e. The van der Waals surface area contributed by atoms with Crippen molar-refractivity contribution >= 4 is 17.4 Å². The molecule has 0 aliphatic rings. The maximum Gasteiger partial charge on any atom is 0.151 e. The lowest BCUT2D eigenvalue weighted by Crippen LogP contribution is -2.19. The lowest BCUT2D eigenvalue weighted by atomic mass is 9.95. The van der Waals surface area contributed by atoms with E-state index in [1.54, 1.807) is 18.2 Å². The van der Waals surface area contributed by atoms with E-state index >= 15 is 0 Å². The zero-order valence-electron chi connectivity index (χ0n) is 12.5. The molecule has 0 saturated carbocycles. The Hall–Kier alpha value is -1.81. The lowest BCUT2D eigenvalue weighted by molar-refractivity contribution is 0.515. The number of halogens is 2. The first-order valence-corrected chi connectivity index (χ1v) is 7.07. The molecule has 0 amide bonds. The molecule has 2 aromatic rings. The molecule has 0 bridgehead atoms. The van der Waals surface area contributed by atoms with Gasteiger partial charge in [0, 0.05) is 17.5 Å². The van der Waals surface area contributed by atoms with Gasteiger partial charge in [-0.1, -0.05) is 44.5 Å². The third-order valence-corrected chi connectivity index (χ3v) is 3.49. The van der Waals surface area contributed by atoms with Crippen molar-refractivity contribution in [3.05, 3.63) is 47.5 Å². The number of benzene rings is 1. The first-order valence-electron chi connectivity index (χ1n) is 6.69. The Morgan fingerprint density at radius 1 is 1.43 bits per heavy atom. The normalized spacial score (nSPS) is 11.7. The van der Waals surface area contributed by atoms with Gasteiger partial charge < -0.3 is 10.3 Å². The van der Waals surface area contributed by atoms with Crippen molar-refractivity contribution in [3.63, 3.8) is 0 Å². The van der Waals surface area contributed by atoms with Crippen LogP contribution in [0.25, 0.3) is 11.3 Å². The Kier molecular flexibility index (Phi) is 4.10. The van der Waals surface area contributed by atoms with Gasteiger partial charge in [-0.3, -0.25) is 0 Å². The van der Waals surface area contributed by atoms with Gasteiger partial charge in [-0.25, -0.2) is 9.37 Å². The molecule has 0 radical (unpaired) electrons. The van der Waals surface area contributed by atoms with Crippen molar-refractivity contribution in [1.82, 2.24) is 9.55 Å². The van der Waals surface area contributed by atoms with E-state index in [9.17, 15) is 4.39 Å². The molecule has 0 aliphatic carbocycles. The van der Waals surface area contributed by atoms with Gasteiger partial charge in [-0.15, -0.1) is 6.58 Å². The van der Waals surface area contributed by atoms with Gasteiger partial charge in [-0.2, -0.15) is 0 Å². The molecular formula is C16H19ClFN3. The third-order valence-electron chi connectivity index (χ3n) is 3.20. The topological polar surface area (TPSA) is 43.8 Å². The Morgan fingerprint density at radius 3 is 2.67 bits per heavy atom. The van der Waals surface area contributed by atoms with Gasteiger partial charge >= 0.3 is 0 Å². The van der Waals surface area contributed by atoms with E-state index in [-0.39, 0.29) is 10.4 Å². The summed E-state index contributed by atoms with van der Waals surface area (Å²) in [4.78, 5) is 4.56. The van der Waals surface area contributed by atoms with Crippen molar-refractivity contribution in [2.24, 2.45) is 0 Å². The highest BCUT2D eigenvalue weighted by Crippen LogP contribution is 2.34. The zero-order chi connectivity index (χ0) is 15.8. The molecule has 0 spiro atoms. The molecule has 0 fully saturated rings. The molecule has 0 aliphatic heterocycles. The van der Waals surface area contributed by atoms with Gasteiger partial charge in [0.1, 0.15) is 17.3 Å². The molecule has 0 atom stereocenters. The summed E-state index contributed by atoms with van der Waals surface area (Å²) in [6.45, 7) is 10.4. The molecule has 0 unspecified atom stereocenters. The maximum atomic E-state index is 14.2. The summed E-state index contributed by atoms with van der Waals surface area (Å²) < 4.78 is 16.1. The van der Waals surface area contributed by atoms with Crippen LogP contribution in [0.3, 0.4) is 0 Å². The van der Waals surface area contributed by atoms with Gasteiger partial charge in [0.05, 0.1) is 5.02 Å². The number of anilines is 1. The van der Waals surface area contributed by atoms with Gasteiger partial charge in [0.2, 0.25) is 0 Å². The second kappa shape index (κ2) is 5.53. The molecule has 2 rings (SSSR count). The summed E-state index contributed by atoms with van der Waals surface area (Å²) in [5, 5.41) is 0.0579. The maximum absolute atomic E-state index is 14.2. The fourth-order valence-electron chi connectivity index (χ4n) is 2.24. The monoisotopic (exact) mass is 307 g/mol. The quantitative estimate of drug-likeness (QED) is 0.854. The highest BCUT2D eigenvalue weighted by molar-refractivity contribution is 6.31. The first kappa shape index (κ1) is 15.6. The zero-order valence-corrected chi connectivity index (χ0v) is 13.2. The van der Waals surface area contributed by atoms with Crippen molar-refractivity contribution in [3.8, 4) is 11.3 Å². The SMILES string of the molecule is C=CCn1c(C(C)(C)C)nc(-c2cccc(Cl)c2F)c1N. The highest BCUT2D eigenvalue weighted by atomic mass is 35.5. The standard InChI is InChI=1S/C16H19ClFN3/c1-5-9-21-14(19)13(20-15(21)16(2,3)4)10-7-6-8-11(17)12(10)18/h5-8H,1,9,19H2,2-4H3. The van der Waals surface area contributed by atoms with Gasteiger partial charge in [0.25, 0.3) is 0 Å². The first-order chi connectivity index (χ1) is 9.77. The van der Waals surface area contributed by atoms with E-state index in [0.717, 1.165) is 5.82 Å². The molecular weight excluding hydrogens is 289 g/mol. The van der Waals surface area contributed by atoms with Crippen LogP contribution in [0.2, 0.25) is 5.02 Å². The number of rotatable bonds is 3. The molecule has 5 heteroatoms. The lowest BCUT2D eigenvalue weighted by Gasteiger charge is -2.19. The predicted octanol–water partition coefficient (Wildman–Crippen LogP) is 4.41. The minimum atomic E-state index is -0.505. The van der Waals surface area contributed by atoms with Crippen LogP contribution >= 0.6 is 11.6 Å². The van der Waals surface area contributed by atoms with Crippen LogP contribution in [-0.4, -0.2) is 9.55 Å². The number of hydrogen-bond donors (Lipinski definition) is 1. The van der Waals surface area contributed by atoms with Crippen LogP contribution < -0.4 is 5.73 Å². The number of nitrogens with two attached hydrogens (primary N) is 1. The van der Waals surface area contributed by atoms with Crippen LogP contribution in [0.5, 0.6) is 0 Å². The van der Waals surface area contributed by atoms with E-state index in [1.807, 2.05) is 25.3 Å². The summed E-state index contributed by atoms with van der Waals surface area (Å²) in [5.41, 5.74) is 6.69. The van der Waals surface area contributed by atoms with Crippen molar-refractivity contribution in [2.75, 3.05) is 5.73 Å². The van der Waals surface area contributed by atoms with E-state index in [0.29, 0.717) is 23.6 Å². The summed E-state index contributed by atoms with van der Waals surface area (Å²) in [6, 6.07) is 4.82. The molecule has 0 saturated heterocycles. The Balaban J connectivity index is 2.71. The Labute approximate surface area is 129 Å². The number of aromatic nitrogens is 2. The minimum absolute atomic E-state index is 0.0579. The molecule has 1 aromatic carbocycles. The molecule has 1 aromatic heterocycles. The van der Waals surface area contributed by atoms with E-state index < -0.39 is 5.82 Å². The molecule has 1 heterocycles. The number of imidazole rings is 1.